The first-order valence-corrected chi connectivity index (χ1v) is 10.3. The van der Waals surface area contributed by atoms with Crippen molar-refractivity contribution in [3.05, 3.63) is 45.1 Å². The van der Waals surface area contributed by atoms with Gasteiger partial charge in [0.15, 0.2) is 5.78 Å². The van der Waals surface area contributed by atoms with Gasteiger partial charge in [0, 0.05) is 17.7 Å². The van der Waals surface area contributed by atoms with E-state index >= 15 is 0 Å². The number of nitrogens with one attached hydrogen (secondary N) is 1. The molecule has 1 aliphatic carbocycles. The third kappa shape index (κ3) is 2.94. The highest BCUT2D eigenvalue weighted by molar-refractivity contribution is 7.98. The first-order chi connectivity index (χ1) is 12.3. The third-order valence-electron chi connectivity index (χ3n) is 4.75. The fourth-order valence-electron chi connectivity index (χ4n) is 3.67. The fraction of sp³-hybridized carbons (Fsp3) is 0.389. The van der Waals surface area contributed by atoms with Crippen LogP contribution in [0.2, 0.25) is 10.0 Å². The van der Waals surface area contributed by atoms with Gasteiger partial charge in [-0.05, 0) is 35.8 Å². The lowest BCUT2D eigenvalue weighted by atomic mass is 9.73. The van der Waals surface area contributed by atoms with Crippen molar-refractivity contribution in [2.45, 2.75) is 37.9 Å². The first kappa shape index (κ1) is 17.9. The number of fused-ring (bicyclic) bond motifs is 1. The molecule has 0 fully saturated rings. The molecule has 0 spiro atoms. The van der Waals surface area contributed by atoms with Crippen molar-refractivity contribution in [2.75, 3.05) is 11.6 Å². The number of benzene rings is 1. The lowest BCUT2D eigenvalue weighted by molar-refractivity contribution is -0.118. The Kier molecular flexibility index (Phi) is 4.33. The molecule has 4 rings (SSSR count). The Bertz CT molecular complexity index is 951. The first-order valence-electron chi connectivity index (χ1n) is 8.28. The molecular formula is C18H18Cl2N4OS. The number of ketones is 1. The van der Waals surface area contributed by atoms with Crippen molar-refractivity contribution in [1.29, 1.82) is 0 Å². The van der Waals surface area contributed by atoms with Gasteiger partial charge in [0.2, 0.25) is 11.1 Å². The van der Waals surface area contributed by atoms with Gasteiger partial charge in [-0.3, -0.25) is 4.79 Å². The van der Waals surface area contributed by atoms with Crippen LogP contribution in [0.5, 0.6) is 0 Å². The number of aromatic nitrogens is 3. The summed E-state index contributed by atoms with van der Waals surface area (Å²) in [7, 11) is 0. The molecule has 1 N–H and O–H groups in total. The van der Waals surface area contributed by atoms with Crippen molar-refractivity contribution >= 4 is 46.7 Å². The van der Waals surface area contributed by atoms with Gasteiger partial charge in [-0.25, -0.2) is 4.68 Å². The van der Waals surface area contributed by atoms with Crippen LogP contribution in [0.15, 0.2) is 34.6 Å². The predicted molar refractivity (Wildman–Crippen MR) is 105 cm³/mol. The number of carbonyl (C=O) groups excluding carboxylic acids is 1. The maximum atomic E-state index is 13.0. The number of hydrogen-bond donors (Lipinski definition) is 1. The second-order valence-corrected chi connectivity index (χ2v) is 8.99. The molecule has 1 aromatic carbocycles. The third-order valence-corrected chi connectivity index (χ3v) is 6.03. The van der Waals surface area contributed by atoms with Gasteiger partial charge >= 0.3 is 0 Å². The van der Waals surface area contributed by atoms with Crippen LogP contribution in [-0.2, 0) is 4.79 Å². The Morgan fingerprint density at radius 1 is 1.27 bits per heavy atom. The molecule has 1 aliphatic heterocycles. The Labute approximate surface area is 166 Å². The van der Waals surface area contributed by atoms with Crippen LogP contribution in [0.1, 0.15) is 38.3 Å². The topological polar surface area (TPSA) is 59.8 Å². The van der Waals surface area contributed by atoms with Crippen LogP contribution in [0, 0.1) is 5.41 Å². The van der Waals surface area contributed by atoms with E-state index in [-0.39, 0.29) is 17.2 Å². The number of carbonyl (C=O) groups is 1. The number of allylic oxidation sites excluding steroid dienone is 2. The number of Topliss-reactive ketones (excluding diaryl/α,β-unsaturated/α-hetero) is 1. The molecule has 1 aromatic heterocycles. The summed E-state index contributed by atoms with van der Waals surface area (Å²) in [5, 5.41) is 9.53. The normalized spacial score (nSPS) is 21.3. The summed E-state index contributed by atoms with van der Waals surface area (Å²) in [5.41, 5.74) is 2.46. The molecule has 26 heavy (non-hydrogen) atoms. The largest absolute Gasteiger partial charge is 0.328 e. The maximum Gasteiger partial charge on any atom is 0.227 e. The zero-order valence-electron chi connectivity index (χ0n) is 14.6. The minimum Gasteiger partial charge on any atom is -0.328 e. The number of thioether (sulfide) groups is 1. The van der Waals surface area contributed by atoms with E-state index in [9.17, 15) is 4.79 Å². The monoisotopic (exact) mass is 408 g/mol. The quantitative estimate of drug-likeness (QED) is 0.710. The highest BCUT2D eigenvalue weighted by atomic mass is 35.5. The molecular weight excluding hydrogens is 391 g/mol. The molecule has 0 amide bonds. The van der Waals surface area contributed by atoms with Gasteiger partial charge < -0.3 is 5.32 Å². The van der Waals surface area contributed by atoms with E-state index < -0.39 is 0 Å². The molecule has 136 valence electrons. The van der Waals surface area contributed by atoms with Crippen LogP contribution in [0.4, 0.5) is 5.95 Å². The highest BCUT2D eigenvalue weighted by Crippen LogP contribution is 2.46. The lowest BCUT2D eigenvalue weighted by Crippen LogP contribution is -2.36. The standard InChI is InChI=1S/C18H18Cl2N4OS/c1-18(2)7-12-14(13(25)8-18)15(9-4-5-10(19)11(20)6-9)24-16(21-12)22-17(23-24)26-3/h4-6,15H,7-8H2,1-3H3,(H,21,22,23). The number of rotatable bonds is 2. The molecule has 0 radical (unpaired) electrons. The van der Waals surface area contributed by atoms with Crippen LogP contribution in [0.3, 0.4) is 0 Å². The molecule has 1 atom stereocenters. The van der Waals surface area contributed by atoms with E-state index in [0.717, 1.165) is 23.3 Å². The smallest absolute Gasteiger partial charge is 0.227 e. The maximum absolute atomic E-state index is 13.0. The summed E-state index contributed by atoms with van der Waals surface area (Å²) >= 11 is 13.8. The molecule has 2 heterocycles. The molecule has 0 saturated heterocycles. The molecule has 8 heteroatoms. The number of anilines is 1. The Morgan fingerprint density at radius 3 is 2.73 bits per heavy atom. The highest BCUT2D eigenvalue weighted by Gasteiger charge is 2.41. The van der Waals surface area contributed by atoms with Crippen LogP contribution < -0.4 is 5.32 Å². The Balaban J connectivity index is 1.92. The van der Waals surface area contributed by atoms with Gasteiger partial charge in [-0.2, -0.15) is 4.98 Å². The summed E-state index contributed by atoms with van der Waals surface area (Å²) < 4.78 is 1.78. The van der Waals surface area contributed by atoms with E-state index in [1.54, 1.807) is 10.7 Å². The average Bonchev–Trinajstić information content (AvgIpc) is 2.97. The van der Waals surface area contributed by atoms with E-state index in [2.05, 4.69) is 29.2 Å². The summed E-state index contributed by atoms with van der Waals surface area (Å²) in [6.45, 7) is 4.22. The minimum atomic E-state index is -0.354. The Morgan fingerprint density at radius 2 is 2.04 bits per heavy atom. The lowest BCUT2D eigenvalue weighted by Gasteiger charge is -2.38. The number of halogens is 2. The SMILES string of the molecule is CSc1nc2n(n1)C(c1ccc(Cl)c(Cl)c1)C1=C(CC(C)(C)CC1=O)N2. The summed E-state index contributed by atoms with van der Waals surface area (Å²) in [6.07, 6.45) is 3.22. The second-order valence-electron chi connectivity index (χ2n) is 7.40. The molecule has 0 saturated carbocycles. The molecule has 2 aliphatic rings. The Hall–Kier alpha value is -1.50. The van der Waals surface area contributed by atoms with Crippen LogP contribution in [0.25, 0.3) is 0 Å². The molecule has 0 bridgehead atoms. The molecule has 1 unspecified atom stereocenters. The van der Waals surface area contributed by atoms with Crippen LogP contribution >= 0.6 is 35.0 Å². The molecule has 5 nitrogen and oxygen atoms in total. The van der Waals surface area contributed by atoms with Gasteiger partial charge in [-0.1, -0.05) is 54.9 Å². The summed E-state index contributed by atoms with van der Waals surface area (Å²) in [6, 6.07) is 5.10. The van der Waals surface area contributed by atoms with Gasteiger partial charge in [-0.15, -0.1) is 5.10 Å². The fourth-order valence-corrected chi connectivity index (χ4v) is 4.32. The van der Waals surface area contributed by atoms with Crippen molar-refractivity contribution in [3.8, 4) is 0 Å². The van der Waals surface area contributed by atoms with Crippen molar-refractivity contribution in [3.63, 3.8) is 0 Å². The van der Waals surface area contributed by atoms with E-state index in [1.807, 2.05) is 18.4 Å². The minimum absolute atomic E-state index is 0.0877. The van der Waals surface area contributed by atoms with Crippen molar-refractivity contribution in [1.82, 2.24) is 14.8 Å². The van der Waals surface area contributed by atoms with E-state index in [1.165, 1.54) is 11.8 Å². The van der Waals surface area contributed by atoms with Gasteiger partial charge in [0.25, 0.3) is 0 Å². The zero-order chi connectivity index (χ0) is 18.6. The second kappa shape index (κ2) is 6.29. The van der Waals surface area contributed by atoms with E-state index in [0.29, 0.717) is 27.6 Å². The summed E-state index contributed by atoms with van der Waals surface area (Å²) in [4.78, 5) is 17.6. The summed E-state index contributed by atoms with van der Waals surface area (Å²) in [5.74, 6) is 0.779. The van der Waals surface area contributed by atoms with Crippen molar-refractivity contribution < 1.29 is 4.79 Å². The van der Waals surface area contributed by atoms with Gasteiger partial charge in [0.1, 0.15) is 6.04 Å². The number of nitrogens with zero attached hydrogens (tertiary/aromatic N) is 3. The molecule has 2 aromatic rings. The van der Waals surface area contributed by atoms with E-state index in [4.69, 9.17) is 23.2 Å². The van der Waals surface area contributed by atoms with Crippen LogP contribution in [-0.4, -0.2) is 26.8 Å². The van der Waals surface area contributed by atoms with Gasteiger partial charge in [0.05, 0.1) is 10.0 Å². The predicted octanol–water partition coefficient (Wildman–Crippen LogP) is 4.96. The average molecular weight is 409 g/mol. The number of hydrogen-bond acceptors (Lipinski definition) is 5. The zero-order valence-corrected chi connectivity index (χ0v) is 17.0. The van der Waals surface area contributed by atoms with Crippen molar-refractivity contribution in [2.24, 2.45) is 5.41 Å².